The number of aliphatic carboxylic acids is 1. The van der Waals surface area contributed by atoms with Gasteiger partial charge in [0.05, 0.1) is 0 Å². The van der Waals surface area contributed by atoms with E-state index in [1.54, 1.807) is 19.0 Å². The summed E-state index contributed by atoms with van der Waals surface area (Å²) in [5.41, 5.74) is 1.56. The molecule has 0 radical (unpaired) electrons. The molecule has 0 saturated heterocycles. The van der Waals surface area contributed by atoms with E-state index in [9.17, 15) is 9.90 Å². The van der Waals surface area contributed by atoms with E-state index in [0.717, 1.165) is 23.3 Å². The second kappa shape index (κ2) is 4.28. The van der Waals surface area contributed by atoms with Crippen LogP contribution in [0.1, 0.15) is 31.0 Å². The van der Waals surface area contributed by atoms with E-state index in [4.69, 9.17) is 4.74 Å². The van der Waals surface area contributed by atoms with Crippen molar-refractivity contribution in [2.45, 2.75) is 31.9 Å². The van der Waals surface area contributed by atoms with Gasteiger partial charge in [-0.1, -0.05) is 18.2 Å². The van der Waals surface area contributed by atoms with Gasteiger partial charge in [-0.2, -0.15) is 0 Å². The van der Waals surface area contributed by atoms with Crippen LogP contribution in [-0.2, 0) is 11.2 Å². The highest BCUT2D eigenvalue weighted by Crippen LogP contribution is 2.40. The number of hydrogen-bond donors (Lipinski definition) is 1. The Labute approximate surface area is 107 Å². The Kier molecular flexibility index (Phi) is 3.07. The van der Waals surface area contributed by atoms with Gasteiger partial charge in [-0.25, -0.2) is 0 Å². The number of carboxylic acids is 1. The van der Waals surface area contributed by atoms with Crippen molar-refractivity contribution < 1.29 is 14.6 Å². The molecular formula is C14H19NO3. The minimum absolute atomic E-state index is 0.256. The highest BCUT2D eigenvalue weighted by atomic mass is 16.5. The topological polar surface area (TPSA) is 49.8 Å². The van der Waals surface area contributed by atoms with E-state index >= 15 is 0 Å². The molecule has 0 spiro atoms. The lowest BCUT2D eigenvalue weighted by Gasteiger charge is -2.24. The summed E-state index contributed by atoms with van der Waals surface area (Å²) in [5, 5.41) is 9.36. The SMILES string of the molecule is CN(C)C(C(=O)O)c1cccc2c1OC(C)(C)C2. The zero-order chi connectivity index (χ0) is 13.5. The van der Waals surface area contributed by atoms with Gasteiger partial charge in [0.2, 0.25) is 0 Å². The second-order valence-corrected chi connectivity index (χ2v) is 5.58. The normalized spacial score (nSPS) is 18.3. The third-order valence-electron chi connectivity index (χ3n) is 3.17. The zero-order valence-electron chi connectivity index (χ0n) is 11.2. The zero-order valence-corrected chi connectivity index (χ0v) is 11.2. The summed E-state index contributed by atoms with van der Waals surface area (Å²) in [6.07, 6.45) is 0.815. The lowest BCUT2D eigenvalue weighted by molar-refractivity contribution is -0.142. The number of nitrogens with zero attached hydrogens (tertiary/aromatic N) is 1. The molecule has 1 atom stereocenters. The maximum absolute atomic E-state index is 11.4. The van der Waals surface area contributed by atoms with Crippen molar-refractivity contribution in [2.75, 3.05) is 14.1 Å². The molecule has 2 rings (SSSR count). The van der Waals surface area contributed by atoms with E-state index in [0.29, 0.717) is 0 Å². The number of carbonyl (C=O) groups is 1. The maximum atomic E-state index is 11.4. The molecule has 0 aromatic heterocycles. The van der Waals surface area contributed by atoms with Crippen LogP contribution in [0.4, 0.5) is 0 Å². The Morgan fingerprint density at radius 1 is 1.44 bits per heavy atom. The quantitative estimate of drug-likeness (QED) is 0.891. The van der Waals surface area contributed by atoms with Crippen molar-refractivity contribution in [3.05, 3.63) is 29.3 Å². The highest BCUT2D eigenvalue weighted by molar-refractivity contribution is 5.77. The van der Waals surface area contributed by atoms with Crippen molar-refractivity contribution >= 4 is 5.97 Å². The Morgan fingerprint density at radius 3 is 2.67 bits per heavy atom. The molecule has 1 aliphatic rings. The average Bonchev–Trinajstić information content (AvgIpc) is 2.51. The molecule has 1 heterocycles. The molecule has 98 valence electrons. The van der Waals surface area contributed by atoms with Crippen LogP contribution in [-0.4, -0.2) is 35.7 Å². The van der Waals surface area contributed by atoms with Crippen LogP contribution in [0.5, 0.6) is 5.75 Å². The van der Waals surface area contributed by atoms with Crippen molar-refractivity contribution in [3.8, 4) is 5.75 Å². The minimum Gasteiger partial charge on any atom is -0.487 e. The fourth-order valence-corrected chi connectivity index (χ4v) is 2.49. The Balaban J connectivity index is 2.48. The molecule has 0 amide bonds. The predicted octanol–water partition coefficient (Wildman–Crippen LogP) is 2.09. The predicted molar refractivity (Wildman–Crippen MR) is 68.9 cm³/mol. The lowest BCUT2D eigenvalue weighted by atomic mass is 9.98. The monoisotopic (exact) mass is 249 g/mol. The van der Waals surface area contributed by atoms with Gasteiger partial charge in [0.1, 0.15) is 17.4 Å². The van der Waals surface area contributed by atoms with E-state index in [2.05, 4.69) is 0 Å². The number of rotatable bonds is 3. The maximum Gasteiger partial charge on any atom is 0.325 e. The Hall–Kier alpha value is -1.55. The first kappa shape index (κ1) is 12.9. The summed E-state index contributed by atoms with van der Waals surface area (Å²) in [7, 11) is 3.52. The third-order valence-corrected chi connectivity index (χ3v) is 3.17. The molecular weight excluding hydrogens is 230 g/mol. The van der Waals surface area contributed by atoms with Crippen molar-refractivity contribution in [1.29, 1.82) is 0 Å². The lowest BCUT2D eigenvalue weighted by Crippen LogP contribution is -2.29. The molecule has 4 nitrogen and oxygen atoms in total. The van der Waals surface area contributed by atoms with Gasteiger partial charge < -0.3 is 9.84 Å². The highest BCUT2D eigenvalue weighted by Gasteiger charge is 2.35. The molecule has 1 unspecified atom stereocenters. The van der Waals surface area contributed by atoms with Crippen molar-refractivity contribution in [2.24, 2.45) is 0 Å². The number of para-hydroxylation sites is 1. The Bertz CT molecular complexity index is 480. The van der Waals surface area contributed by atoms with Gasteiger partial charge in [0.15, 0.2) is 0 Å². The summed E-state index contributed by atoms with van der Waals surface area (Å²) in [4.78, 5) is 13.1. The summed E-state index contributed by atoms with van der Waals surface area (Å²) in [5.74, 6) is -0.120. The van der Waals surface area contributed by atoms with E-state index in [1.165, 1.54) is 0 Å². The molecule has 0 bridgehead atoms. The van der Waals surface area contributed by atoms with Gasteiger partial charge >= 0.3 is 5.97 Å². The third kappa shape index (κ3) is 2.20. The molecule has 18 heavy (non-hydrogen) atoms. The minimum atomic E-state index is -0.860. The molecule has 0 aliphatic carbocycles. The van der Waals surface area contributed by atoms with Gasteiger partial charge in [-0.3, -0.25) is 9.69 Å². The summed E-state index contributed by atoms with van der Waals surface area (Å²) in [6.45, 7) is 4.03. The summed E-state index contributed by atoms with van der Waals surface area (Å²) < 4.78 is 5.92. The Morgan fingerprint density at radius 2 is 2.11 bits per heavy atom. The van der Waals surface area contributed by atoms with Crippen LogP contribution in [0.2, 0.25) is 0 Å². The average molecular weight is 249 g/mol. The number of benzene rings is 1. The van der Waals surface area contributed by atoms with Crippen LogP contribution >= 0.6 is 0 Å². The van der Waals surface area contributed by atoms with Crippen molar-refractivity contribution in [3.63, 3.8) is 0 Å². The number of ether oxygens (including phenoxy) is 1. The molecule has 1 aromatic rings. The van der Waals surface area contributed by atoms with Crippen LogP contribution < -0.4 is 4.74 Å². The van der Waals surface area contributed by atoms with Gasteiger partial charge in [0.25, 0.3) is 0 Å². The van der Waals surface area contributed by atoms with E-state index in [1.807, 2.05) is 32.0 Å². The fourth-order valence-electron chi connectivity index (χ4n) is 2.49. The van der Waals surface area contributed by atoms with E-state index < -0.39 is 12.0 Å². The molecule has 4 heteroatoms. The fraction of sp³-hybridized carbons (Fsp3) is 0.500. The van der Waals surface area contributed by atoms with Gasteiger partial charge in [-0.15, -0.1) is 0 Å². The second-order valence-electron chi connectivity index (χ2n) is 5.58. The number of fused-ring (bicyclic) bond motifs is 1. The van der Waals surface area contributed by atoms with Crippen molar-refractivity contribution in [1.82, 2.24) is 4.90 Å². The first-order chi connectivity index (χ1) is 8.32. The summed E-state index contributed by atoms with van der Waals surface area (Å²) in [6, 6.07) is 5.06. The van der Waals surface area contributed by atoms with Crippen LogP contribution in [0.3, 0.4) is 0 Å². The first-order valence-corrected chi connectivity index (χ1v) is 6.02. The standard InChI is InChI=1S/C14H19NO3/c1-14(2)8-9-6-5-7-10(12(9)18-14)11(13(16)17)15(3)4/h5-7,11H,8H2,1-4H3,(H,16,17). The van der Waals surface area contributed by atoms with E-state index in [-0.39, 0.29) is 5.60 Å². The smallest absolute Gasteiger partial charge is 0.325 e. The molecule has 0 fully saturated rings. The molecule has 0 saturated carbocycles. The molecule has 1 aliphatic heterocycles. The largest absolute Gasteiger partial charge is 0.487 e. The van der Waals surface area contributed by atoms with Crippen LogP contribution in [0, 0.1) is 0 Å². The first-order valence-electron chi connectivity index (χ1n) is 6.02. The number of carboxylic acid groups (broad SMARTS) is 1. The number of likely N-dealkylation sites (N-methyl/N-ethyl adjacent to an activating group) is 1. The molecule has 1 N–H and O–H groups in total. The van der Waals surface area contributed by atoms with Gasteiger partial charge in [-0.05, 0) is 33.5 Å². The van der Waals surface area contributed by atoms with Crippen LogP contribution in [0.25, 0.3) is 0 Å². The van der Waals surface area contributed by atoms with Crippen LogP contribution in [0.15, 0.2) is 18.2 Å². The number of hydrogen-bond acceptors (Lipinski definition) is 3. The molecule has 1 aromatic carbocycles. The summed E-state index contributed by atoms with van der Waals surface area (Å²) >= 11 is 0. The van der Waals surface area contributed by atoms with Gasteiger partial charge in [0, 0.05) is 12.0 Å².